The number of nitrogens with one attached hydrogen (secondary N) is 1. The average molecular weight is 344 g/mol. The van der Waals surface area contributed by atoms with Crippen LogP contribution in [0.25, 0.3) is 12.2 Å². The maximum Gasteiger partial charge on any atom is 0.322 e. The minimum atomic E-state index is -1.28. The quantitative estimate of drug-likeness (QED) is 0.550. The molecule has 0 radical (unpaired) electrons. The lowest BCUT2D eigenvalue weighted by Gasteiger charge is -2.17. The molecule has 0 bridgehead atoms. The van der Waals surface area contributed by atoms with E-state index >= 15 is 0 Å². The molecule has 0 saturated carbocycles. The molecule has 0 aromatic carbocycles. The van der Waals surface area contributed by atoms with Gasteiger partial charge in [0.05, 0.1) is 5.69 Å². The molecule has 0 aliphatic heterocycles. The number of carbonyl (C=O) groups excluding carboxylic acids is 2. The standard InChI is InChI=1S/C17H16N2O6/c1-2-8-25-19-13-7-5-3-4-6-11(13)12(10-20)15(17(19)24)16(23)18-9-14(21)22/h2,4-7,10H,1,3,8-9H2,(H,18,23)(H,21,22). The van der Waals surface area contributed by atoms with E-state index in [1.165, 1.54) is 6.08 Å². The first-order valence-corrected chi connectivity index (χ1v) is 7.36. The molecule has 8 heteroatoms. The third-order valence-electron chi connectivity index (χ3n) is 3.35. The molecule has 0 atom stereocenters. The zero-order valence-corrected chi connectivity index (χ0v) is 13.2. The van der Waals surface area contributed by atoms with Crippen LogP contribution in [0.15, 0.2) is 29.6 Å². The molecular formula is C17H16N2O6. The number of carboxylic acid groups (broad SMARTS) is 1. The average Bonchev–Trinajstić information content (AvgIpc) is 2.83. The second-order valence-corrected chi connectivity index (χ2v) is 5.01. The van der Waals surface area contributed by atoms with E-state index in [0.717, 1.165) is 4.73 Å². The molecule has 1 aromatic heterocycles. The highest BCUT2D eigenvalue weighted by atomic mass is 16.7. The Bertz CT molecular complexity index is 848. The summed E-state index contributed by atoms with van der Waals surface area (Å²) in [6.07, 6.45) is 9.16. The van der Waals surface area contributed by atoms with Crippen molar-refractivity contribution < 1.29 is 24.3 Å². The second kappa shape index (κ2) is 7.91. The van der Waals surface area contributed by atoms with Crippen LogP contribution < -0.4 is 15.7 Å². The van der Waals surface area contributed by atoms with E-state index in [9.17, 15) is 19.2 Å². The summed E-state index contributed by atoms with van der Waals surface area (Å²) in [5.41, 5.74) is -0.793. The Labute approximate surface area is 142 Å². The Balaban J connectivity index is 2.71. The van der Waals surface area contributed by atoms with Crippen molar-refractivity contribution in [3.63, 3.8) is 0 Å². The first-order chi connectivity index (χ1) is 12.0. The van der Waals surface area contributed by atoms with Crippen molar-refractivity contribution >= 4 is 30.3 Å². The number of pyridine rings is 1. The normalized spacial score (nSPS) is 12.0. The molecule has 0 spiro atoms. The molecule has 1 aromatic rings. The lowest BCUT2D eigenvalue weighted by molar-refractivity contribution is -0.135. The van der Waals surface area contributed by atoms with Gasteiger partial charge in [0.25, 0.3) is 11.5 Å². The van der Waals surface area contributed by atoms with E-state index in [0.29, 0.717) is 24.0 Å². The molecule has 130 valence electrons. The van der Waals surface area contributed by atoms with E-state index in [1.807, 2.05) is 0 Å². The predicted octanol–water partition coefficient (Wildman–Crippen LogP) is 0.520. The van der Waals surface area contributed by atoms with Crippen LogP contribution in [0.3, 0.4) is 0 Å². The zero-order chi connectivity index (χ0) is 18.4. The summed E-state index contributed by atoms with van der Waals surface area (Å²) in [5, 5.41) is 10.8. The number of nitrogens with zero attached hydrogens (tertiary/aromatic N) is 1. The lowest BCUT2D eigenvalue weighted by Crippen LogP contribution is -2.40. The molecule has 2 N–H and O–H groups in total. The van der Waals surface area contributed by atoms with Crippen LogP contribution in [-0.2, 0) is 4.79 Å². The van der Waals surface area contributed by atoms with E-state index in [4.69, 9.17) is 9.94 Å². The van der Waals surface area contributed by atoms with Crippen LogP contribution in [-0.4, -0.2) is 41.2 Å². The molecule has 0 saturated heterocycles. The fraction of sp³-hybridized carbons (Fsp3) is 0.176. The van der Waals surface area contributed by atoms with Crippen molar-refractivity contribution in [2.45, 2.75) is 6.42 Å². The molecule has 1 amide bonds. The Morgan fingerprint density at radius 1 is 1.36 bits per heavy atom. The van der Waals surface area contributed by atoms with Crippen LogP contribution in [0, 0.1) is 0 Å². The van der Waals surface area contributed by atoms with Crippen molar-refractivity contribution in [2.75, 3.05) is 13.2 Å². The summed E-state index contributed by atoms with van der Waals surface area (Å²) in [4.78, 5) is 52.5. The minimum absolute atomic E-state index is 0.000518. The van der Waals surface area contributed by atoms with Gasteiger partial charge >= 0.3 is 5.97 Å². The number of aromatic nitrogens is 1. The molecule has 2 rings (SSSR count). The van der Waals surface area contributed by atoms with Crippen molar-refractivity contribution in [2.24, 2.45) is 0 Å². The zero-order valence-electron chi connectivity index (χ0n) is 13.2. The van der Waals surface area contributed by atoms with Crippen LogP contribution >= 0.6 is 0 Å². The number of amides is 1. The Kier molecular flexibility index (Phi) is 5.67. The van der Waals surface area contributed by atoms with Crippen molar-refractivity contribution in [3.8, 4) is 0 Å². The molecule has 0 unspecified atom stereocenters. The number of hydrogen-bond donors (Lipinski definition) is 2. The smallest absolute Gasteiger partial charge is 0.322 e. The van der Waals surface area contributed by atoms with E-state index < -0.39 is 29.5 Å². The summed E-state index contributed by atoms with van der Waals surface area (Å²) < 4.78 is 0.909. The highest BCUT2D eigenvalue weighted by molar-refractivity contribution is 6.04. The third-order valence-corrected chi connectivity index (χ3v) is 3.35. The molecule has 25 heavy (non-hydrogen) atoms. The first-order valence-electron chi connectivity index (χ1n) is 7.36. The number of carbonyl (C=O) groups is 3. The monoisotopic (exact) mass is 344 g/mol. The Morgan fingerprint density at radius 2 is 2.08 bits per heavy atom. The largest absolute Gasteiger partial charge is 0.480 e. The van der Waals surface area contributed by atoms with Gasteiger partial charge in [0.15, 0.2) is 6.29 Å². The van der Waals surface area contributed by atoms with Crippen molar-refractivity contribution in [1.29, 1.82) is 0 Å². The van der Waals surface area contributed by atoms with E-state index in [1.54, 1.807) is 24.3 Å². The minimum Gasteiger partial charge on any atom is -0.480 e. The second-order valence-electron chi connectivity index (χ2n) is 5.01. The van der Waals surface area contributed by atoms with Crippen LogP contribution in [0.5, 0.6) is 0 Å². The van der Waals surface area contributed by atoms with Crippen LogP contribution in [0.4, 0.5) is 0 Å². The fourth-order valence-corrected chi connectivity index (χ4v) is 2.33. The first kappa shape index (κ1) is 17.9. The summed E-state index contributed by atoms with van der Waals surface area (Å²) in [6, 6.07) is 0. The number of aldehydes is 1. The maximum absolute atomic E-state index is 12.7. The van der Waals surface area contributed by atoms with Crippen LogP contribution in [0.2, 0.25) is 0 Å². The van der Waals surface area contributed by atoms with Crippen molar-refractivity contribution in [3.05, 3.63) is 57.5 Å². The molecule has 0 fully saturated rings. The van der Waals surface area contributed by atoms with Gasteiger partial charge in [-0.2, -0.15) is 0 Å². The van der Waals surface area contributed by atoms with Gasteiger partial charge in [0.1, 0.15) is 18.7 Å². The fourth-order valence-electron chi connectivity index (χ4n) is 2.33. The lowest BCUT2D eigenvalue weighted by atomic mass is 10.0. The molecule has 1 aliphatic rings. The van der Waals surface area contributed by atoms with E-state index in [-0.39, 0.29) is 12.2 Å². The summed E-state index contributed by atoms with van der Waals surface area (Å²) in [5.74, 6) is -2.24. The maximum atomic E-state index is 12.7. The third kappa shape index (κ3) is 3.74. The number of fused-ring (bicyclic) bond motifs is 1. The number of carboxylic acids is 1. The topological polar surface area (TPSA) is 115 Å². The highest BCUT2D eigenvalue weighted by Gasteiger charge is 2.25. The number of aliphatic carboxylic acids is 1. The molecule has 8 nitrogen and oxygen atoms in total. The van der Waals surface area contributed by atoms with E-state index in [2.05, 4.69) is 11.9 Å². The molecular weight excluding hydrogens is 328 g/mol. The SMILES string of the molecule is C=CCOn1c2c(c(C=O)c(C(=O)NCC(=O)O)c1=O)C=CCC=C2. The number of allylic oxidation sites excluding steroid dienone is 2. The molecule has 1 aliphatic carbocycles. The van der Waals surface area contributed by atoms with Crippen molar-refractivity contribution in [1.82, 2.24) is 10.0 Å². The Hall–Kier alpha value is -3.42. The van der Waals surface area contributed by atoms with Crippen LogP contribution in [0.1, 0.15) is 38.4 Å². The predicted molar refractivity (Wildman–Crippen MR) is 90.4 cm³/mol. The summed E-state index contributed by atoms with van der Waals surface area (Å²) in [6.45, 7) is 2.82. The highest BCUT2D eigenvalue weighted by Crippen LogP contribution is 2.21. The number of rotatable bonds is 7. The van der Waals surface area contributed by atoms with Gasteiger partial charge in [-0.15, -0.1) is 4.73 Å². The number of hydrogen-bond acceptors (Lipinski definition) is 5. The van der Waals surface area contributed by atoms with Gasteiger partial charge in [0.2, 0.25) is 0 Å². The van der Waals surface area contributed by atoms with Gasteiger partial charge in [-0.1, -0.05) is 30.9 Å². The van der Waals surface area contributed by atoms with Gasteiger partial charge in [0, 0.05) is 11.1 Å². The summed E-state index contributed by atoms with van der Waals surface area (Å²) >= 11 is 0. The van der Waals surface area contributed by atoms with Gasteiger partial charge in [-0.05, 0) is 12.5 Å². The van der Waals surface area contributed by atoms with Gasteiger partial charge in [-0.3, -0.25) is 19.2 Å². The summed E-state index contributed by atoms with van der Waals surface area (Å²) in [7, 11) is 0. The molecule has 1 heterocycles. The Morgan fingerprint density at radius 3 is 2.72 bits per heavy atom. The van der Waals surface area contributed by atoms with Gasteiger partial charge in [-0.25, -0.2) is 0 Å². The van der Waals surface area contributed by atoms with Gasteiger partial charge < -0.3 is 15.3 Å².